The van der Waals surface area contributed by atoms with Crippen molar-refractivity contribution in [3.63, 3.8) is 0 Å². The Labute approximate surface area is 82.5 Å². The van der Waals surface area contributed by atoms with Crippen LogP contribution in [0.3, 0.4) is 0 Å². The van der Waals surface area contributed by atoms with Gasteiger partial charge in [0.15, 0.2) is 0 Å². The number of nitrogens with zero attached hydrogens (tertiary/aromatic N) is 1. The molecule has 0 unspecified atom stereocenters. The maximum absolute atomic E-state index is 12.6. The first-order valence-electron chi connectivity index (χ1n) is 3.64. The number of benzene rings is 1. The summed E-state index contributed by atoms with van der Waals surface area (Å²) in [5, 5.41) is 3.77. The van der Waals surface area contributed by atoms with Crippen molar-refractivity contribution in [2.24, 2.45) is 0 Å². The van der Waals surface area contributed by atoms with E-state index in [0.717, 1.165) is 5.56 Å². The van der Waals surface area contributed by atoms with Crippen molar-refractivity contribution < 1.29 is 8.91 Å². The van der Waals surface area contributed by atoms with Gasteiger partial charge in [-0.1, -0.05) is 5.16 Å². The molecule has 4 heteroatoms. The molecule has 2 aromatic rings. The minimum absolute atomic E-state index is 0.258. The largest absolute Gasteiger partial charge is 0.349 e. The van der Waals surface area contributed by atoms with Crippen LogP contribution in [0.1, 0.15) is 0 Å². The highest BCUT2D eigenvalue weighted by atomic mass is 79.9. The van der Waals surface area contributed by atoms with Gasteiger partial charge in [-0.15, -0.1) is 0 Å². The zero-order valence-corrected chi connectivity index (χ0v) is 8.08. The average Bonchev–Trinajstić information content (AvgIpc) is 2.53. The molecule has 13 heavy (non-hydrogen) atoms. The Bertz CT molecular complexity index is 410. The van der Waals surface area contributed by atoms with Crippen LogP contribution in [0.4, 0.5) is 4.39 Å². The lowest BCUT2D eigenvalue weighted by Gasteiger charge is -1.92. The molecule has 0 fully saturated rings. The smallest absolute Gasteiger partial charge is 0.202 e. The van der Waals surface area contributed by atoms with Gasteiger partial charge in [-0.05, 0) is 40.2 Å². The van der Waals surface area contributed by atoms with Crippen molar-refractivity contribution in [2.45, 2.75) is 0 Å². The molecule has 0 amide bonds. The monoisotopic (exact) mass is 241 g/mol. The van der Waals surface area contributed by atoms with Gasteiger partial charge in [-0.3, -0.25) is 0 Å². The number of hydrogen-bond donors (Lipinski definition) is 0. The van der Waals surface area contributed by atoms with Gasteiger partial charge in [-0.25, -0.2) is 4.39 Å². The number of aromatic nitrogens is 1. The lowest BCUT2D eigenvalue weighted by Crippen LogP contribution is -1.77. The summed E-state index contributed by atoms with van der Waals surface area (Å²) in [5.74, 6) is -0.258. The van der Waals surface area contributed by atoms with Gasteiger partial charge in [0.25, 0.3) is 0 Å². The van der Waals surface area contributed by atoms with Gasteiger partial charge < -0.3 is 4.52 Å². The fourth-order valence-electron chi connectivity index (χ4n) is 1.01. The van der Waals surface area contributed by atoms with E-state index in [0.29, 0.717) is 10.4 Å². The molecule has 1 heterocycles. The van der Waals surface area contributed by atoms with Gasteiger partial charge in [0.2, 0.25) is 4.67 Å². The average molecular weight is 242 g/mol. The number of rotatable bonds is 1. The number of hydrogen-bond acceptors (Lipinski definition) is 2. The molecule has 2 nitrogen and oxygen atoms in total. The second-order valence-corrected chi connectivity index (χ2v) is 3.30. The normalized spacial score (nSPS) is 10.3. The second-order valence-electron chi connectivity index (χ2n) is 2.52. The summed E-state index contributed by atoms with van der Waals surface area (Å²) in [5.41, 5.74) is 1.52. The first-order chi connectivity index (χ1) is 6.25. The predicted octanol–water partition coefficient (Wildman–Crippen LogP) is 3.24. The van der Waals surface area contributed by atoms with E-state index in [1.807, 2.05) is 0 Å². The fraction of sp³-hybridized carbons (Fsp3) is 0. The van der Waals surface area contributed by atoms with E-state index in [2.05, 4.69) is 21.1 Å². The quantitative estimate of drug-likeness (QED) is 0.767. The third kappa shape index (κ3) is 1.78. The highest BCUT2D eigenvalue weighted by Gasteiger charge is 2.03. The Morgan fingerprint density at radius 1 is 1.23 bits per heavy atom. The van der Waals surface area contributed by atoms with Crippen molar-refractivity contribution in [2.75, 3.05) is 0 Å². The van der Waals surface area contributed by atoms with E-state index in [-0.39, 0.29) is 5.82 Å². The highest BCUT2D eigenvalue weighted by molar-refractivity contribution is 9.10. The summed E-state index contributed by atoms with van der Waals surface area (Å²) in [6.07, 6.45) is 0. The van der Waals surface area contributed by atoms with Crippen molar-refractivity contribution in [3.05, 3.63) is 40.8 Å². The van der Waals surface area contributed by atoms with E-state index in [4.69, 9.17) is 4.52 Å². The molecule has 66 valence electrons. The van der Waals surface area contributed by atoms with Crippen LogP contribution in [-0.4, -0.2) is 5.16 Å². The Hall–Kier alpha value is -1.16. The topological polar surface area (TPSA) is 26.0 Å². The van der Waals surface area contributed by atoms with Gasteiger partial charge >= 0.3 is 0 Å². The Morgan fingerprint density at radius 2 is 1.92 bits per heavy atom. The molecule has 0 saturated carbocycles. The highest BCUT2D eigenvalue weighted by Crippen LogP contribution is 2.21. The molecule has 1 aromatic heterocycles. The summed E-state index contributed by atoms with van der Waals surface area (Å²) in [6.45, 7) is 0. The fourth-order valence-corrected chi connectivity index (χ4v) is 1.30. The van der Waals surface area contributed by atoms with Crippen molar-refractivity contribution in [1.82, 2.24) is 5.16 Å². The zero-order valence-electron chi connectivity index (χ0n) is 6.50. The molecule has 1 aromatic carbocycles. The van der Waals surface area contributed by atoms with Crippen molar-refractivity contribution >= 4 is 15.9 Å². The molecule has 0 aliphatic carbocycles. The summed E-state index contributed by atoms with van der Waals surface area (Å²) < 4.78 is 17.9. The van der Waals surface area contributed by atoms with Crippen LogP contribution in [0.2, 0.25) is 0 Å². The molecule has 0 spiro atoms. The lowest BCUT2D eigenvalue weighted by atomic mass is 10.1. The van der Waals surface area contributed by atoms with Crippen molar-refractivity contribution in [3.8, 4) is 11.3 Å². The zero-order chi connectivity index (χ0) is 9.26. The van der Waals surface area contributed by atoms with E-state index in [9.17, 15) is 4.39 Å². The number of halogens is 2. The van der Waals surface area contributed by atoms with Crippen LogP contribution >= 0.6 is 15.9 Å². The molecule has 0 atom stereocenters. The minimum Gasteiger partial charge on any atom is -0.349 e. The Balaban J connectivity index is 2.41. The SMILES string of the molecule is Fc1ccc(-c2cc(Br)on2)cc1. The Kier molecular flexibility index (Phi) is 2.14. The molecule has 0 saturated heterocycles. The molecule has 0 aliphatic heterocycles. The molecule has 0 bridgehead atoms. The van der Waals surface area contributed by atoms with Gasteiger partial charge in [-0.2, -0.15) is 0 Å². The van der Waals surface area contributed by atoms with Crippen molar-refractivity contribution in [1.29, 1.82) is 0 Å². The van der Waals surface area contributed by atoms with Crippen LogP contribution in [0.25, 0.3) is 11.3 Å². The summed E-state index contributed by atoms with van der Waals surface area (Å²) in [6, 6.07) is 7.81. The molecule has 0 N–H and O–H groups in total. The molecule has 2 rings (SSSR count). The molecule has 0 aliphatic rings. The first-order valence-corrected chi connectivity index (χ1v) is 4.43. The van der Waals surface area contributed by atoms with Gasteiger partial charge in [0, 0.05) is 11.6 Å². The van der Waals surface area contributed by atoms with Crippen LogP contribution in [0, 0.1) is 5.82 Å². The van der Waals surface area contributed by atoms with Crippen LogP contribution in [-0.2, 0) is 0 Å². The summed E-state index contributed by atoms with van der Waals surface area (Å²) >= 11 is 3.14. The molecule has 0 radical (unpaired) electrons. The van der Waals surface area contributed by atoms with Crippen LogP contribution < -0.4 is 0 Å². The minimum atomic E-state index is -0.258. The van der Waals surface area contributed by atoms with E-state index >= 15 is 0 Å². The third-order valence-electron chi connectivity index (χ3n) is 1.62. The van der Waals surface area contributed by atoms with Crippen LogP contribution in [0.15, 0.2) is 39.5 Å². The Morgan fingerprint density at radius 3 is 2.46 bits per heavy atom. The maximum atomic E-state index is 12.6. The predicted molar refractivity (Wildman–Crippen MR) is 49.6 cm³/mol. The lowest BCUT2D eigenvalue weighted by molar-refractivity contribution is 0.402. The maximum Gasteiger partial charge on any atom is 0.202 e. The van der Waals surface area contributed by atoms with E-state index in [1.165, 1.54) is 12.1 Å². The molecular formula is C9H5BrFNO. The van der Waals surface area contributed by atoms with E-state index in [1.54, 1.807) is 18.2 Å². The standard InChI is InChI=1S/C9H5BrFNO/c10-9-5-8(12-13-9)6-1-3-7(11)4-2-6/h1-5H. The van der Waals surface area contributed by atoms with Gasteiger partial charge in [0.05, 0.1) is 0 Å². The summed E-state index contributed by atoms with van der Waals surface area (Å²) in [7, 11) is 0. The first kappa shape index (κ1) is 8.44. The van der Waals surface area contributed by atoms with Crippen LogP contribution in [0.5, 0.6) is 0 Å². The second kappa shape index (κ2) is 3.30. The molecular weight excluding hydrogens is 237 g/mol. The van der Waals surface area contributed by atoms with E-state index < -0.39 is 0 Å². The third-order valence-corrected chi connectivity index (χ3v) is 2.00. The van der Waals surface area contributed by atoms with Gasteiger partial charge in [0.1, 0.15) is 11.5 Å². The summed E-state index contributed by atoms with van der Waals surface area (Å²) in [4.78, 5) is 0.